The predicted octanol–water partition coefficient (Wildman–Crippen LogP) is 3.14. The summed E-state index contributed by atoms with van der Waals surface area (Å²) in [5.41, 5.74) is 1.06. The number of ether oxygens (including phenoxy) is 1. The Morgan fingerprint density at radius 1 is 1.28 bits per heavy atom. The number of rotatable bonds is 6. The average molecular weight is 252 g/mol. The fourth-order valence-corrected chi connectivity index (χ4v) is 2.44. The second-order valence-corrected chi connectivity index (χ2v) is 5.73. The first kappa shape index (κ1) is 14.9. The molecule has 1 saturated carbocycles. The molecule has 1 rings (SSSR count). The van der Waals surface area contributed by atoms with Gasteiger partial charge in [0.05, 0.1) is 13.0 Å². The van der Waals surface area contributed by atoms with Crippen LogP contribution in [0.3, 0.4) is 0 Å². The first-order valence-corrected chi connectivity index (χ1v) is 6.74. The lowest BCUT2D eigenvalue weighted by molar-refractivity contribution is -0.145. The van der Waals surface area contributed by atoms with E-state index in [4.69, 9.17) is 4.74 Å². The molecule has 0 N–H and O–H groups in total. The van der Waals surface area contributed by atoms with Gasteiger partial charge in [-0.2, -0.15) is 0 Å². The van der Waals surface area contributed by atoms with E-state index >= 15 is 0 Å². The molecular formula is C15H24O3. The molecular weight excluding hydrogens is 228 g/mol. The molecule has 0 aromatic rings. The lowest BCUT2D eigenvalue weighted by atomic mass is 9.93. The monoisotopic (exact) mass is 252 g/mol. The van der Waals surface area contributed by atoms with Crippen molar-refractivity contribution >= 4 is 11.8 Å². The Balaban J connectivity index is 2.38. The molecule has 0 saturated heterocycles. The molecule has 0 amide bonds. The lowest BCUT2D eigenvalue weighted by Crippen LogP contribution is -2.14. The highest BCUT2D eigenvalue weighted by atomic mass is 16.5. The van der Waals surface area contributed by atoms with E-state index in [1.807, 2.05) is 13.8 Å². The van der Waals surface area contributed by atoms with E-state index in [0.717, 1.165) is 18.4 Å². The van der Waals surface area contributed by atoms with Crippen LogP contribution in [0.25, 0.3) is 0 Å². The van der Waals surface area contributed by atoms with Crippen LogP contribution in [0.5, 0.6) is 0 Å². The first-order chi connectivity index (χ1) is 8.40. The number of carbonyl (C=O) groups excluding carboxylic acids is 2. The third kappa shape index (κ3) is 4.63. The van der Waals surface area contributed by atoms with Crippen LogP contribution >= 0.6 is 0 Å². The van der Waals surface area contributed by atoms with Crippen molar-refractivity contribution in [3.8, 4) is 0 Å². The summed E-state index contributed by atoms with van der Waals surface area (Å²) in [6.45, 7) is 10.2. The number of ketones is 1. The number of hydrogen-bond acceptors (Lipinski definition) is 3. The maximum Gasteiger partial charge on any atom is 0.306 e. The standard InChI is InChI=1S/C15H24O3/c1-10(2)9-18-15(17)8-14-6-5-13(12(14)4)7-11(3)16/h10,13-14H,4-9H2,1-3H3. The predicted molar refractivity (Wildman–Crippen MR) is 71.1 cm³/mol. The third-order valence-electron chi connectivity index (χ3n) is 3.44. The number of carbonyl (C=O) groups is 2. The van der Waals surface area contributed by atoms with Gasteiger partial charge in [-0.25, -0.2) is 0 Å². The molecule has 1 aliphatic carbocycles. The molecule has 18 heavy (non-hydrogen) atoms. The second-order valence-electron chi connectivity index (χ2n) is 5.73. The number of hydrogen-bond donors (Lipinski definition) is 0. The highest BCUT2D eigenvalue weighted by Gasteiger charge is 2.31. The topological polar surface area (TPSA) is 43.4 Å². The minimum absolute atomic E-state index is 0.140. The van der Waals surface area contributed by atoms with Gasteiger partial charge >= 0.3 is 5.97 Å². The highest BCUT2D eigenvalue weighted by molar-refractivity contribution is 5.76. The van der Waals surface area contributed by atoms with Gasteiger partial charge in [0.15, 0.2) is 0 Å². The molecule has 2 atom stereocenters. The molecule has 1 aliphatic rings. The van der Waals surface area contributed by atoms with Crippen molar-refractivity contribution in [1.29, 1.82) is 0 Å². The smallest absolute Gasteiger partial charge is 0.306 e. The summed E-state index contributed by atoms with van der Waals surface area (Å²) in [5.74, 6) is 0.896. The van der Waals surface area contributed by atoms with Crippen LogP contribution in [-0.4, -0.2) is 18.4 Å². The van der Waals surface area contributed by atoms with Gasteiger partial charge in [0.2, 0.25) is 0 Å². The highest BCUT2D eigenvalue weighted by Crippen LogP contribution is 2.39. The van der Waals surface area contributed by atoms with Crippen LogP contribution in [0.4, 0.5) is 0 Å². The fraction of sp³-hybridized carbons (Fsp3) is 0.733. The summed E-state index contributed by atoms with van der Waals surface area (Å²) >= 11 is 0. The zero-order valence-electron chi connectivity index (χ0n) is 11.7. The number of Topliss-reactive ketones (excluding diaryl/α,β-unsaturated/α-hetero) is 1. The van der Waals surface area contributed by atoms with Crippen LogP contribution in [0.15, 0.2) is 12.2 Å². The van der Waals surface area contributed by atoms with Crippen molar-refractivity contribution in [3.05, 3.63) is 12.2 Å². The molecule has 0 aliphatic heterocycles. The SMILES string of the molecule is C=C1C(CC(C)=O)CCC1CC(=O)OCC(C)C. The number of allylic oxidation sites excluding steroid dienone is 1. The Morgan fingerprint density at radius 2 is 1.83 bits per heavy atom. The summed E-state index contributed by atoms with van der Waals surface area (Å²) in [6, 6.07) is 0. The van der Waals surface area contributed by atoms with Crippen LogP contribution < -0.4 is 0 Å². The summed E-state index contributed by atoms with van der Waals surface area (Å²) in [4.78, 5) is 22.8. The molecule has 1 fully saturated rings. The Labute approximate surface area is 110 Å². The molecule has 0 aromatic heterocycles. The summed E-state index contributed by atoms with van der Waals surface area (Å²) in [5, 5.41) is 0. The van der Waals surface area contributed by atoms with E-state index in [9.17, 15) is 9.59 Å². The zero-order chi connectivity index (χ0) is 13.7. The van der Waals surface area contributed by atoms with Gasteiger partial charge in [-0.3, -0.25) is 4.79 Å². The molecule has 0 bridgehead atoms. The van der Waals surface area contributed by atoms with Crippen molar-refractivity contribution < 1.29 is 14.3 Å². The van der Waals surface area contributed by atoms with Crippen LogP contribution in [-0.2, 0) is 14.3 Å². The van der Waals surface area contributed by atoms with Gasteiger partial charge in [0, 0.05) is 6.42 Å². The van der Waals surface area contributed by atoms with E-state index in [1.165, 1.54) is 0 Å². The van der Waals surface area contributed by atoms with Crippen molar-refractivity contribution in [2.24, 2.45) is 17.8 Å². The van der Waals surface area contributed by atoms with Gasteiger partial charge < -0.3 is 9.53 Å². The van der Waals surface area contributed by atoms with E-state index in [-0.39, 0.29) is 23.6 Å². The van der Waals surface area contributed by atoms with E-state index in [0.29, 0.717) is 25.4 Å². The van der Waals surface area contributed by atoms with Crippen molar-refractivity contribution in [3.63, 3.8) is 0 Å². The minimum Gasteiger partial charge on any atom is -0.465 e. The van der Waals surface area contributed by atoms with Crippen LogP contribution in [0.2, 0.25) is 0 Å². The van der Waals surface area contributed by atoms with E-state index in [2.05, 4.69) is 6.58 Å². The molecule has 0 spiro atoms. The van der Waals surface area contributed by atoms with Gasteiger partial charge in [-0.1, -0.05) is 26.0 Å². The minimum atomic E-state index is -0.140. The average Bonchev–Trinajstić information content (AvgIpc) is 2.58. The molecule has 3 nitrogen and oxygen atoms in total. The van der Waals surface area contributed by atoms with Gasteiger partial charge in [0.25, 0.3) is 0 Å². The Kier molecular flexibility index (Phi) is 5.57. The Hall–Kier alpha value is -1.12. The first-order valence-electron chi connectivity index (χ1n) is 6.74. The maximum absolute atomic E-state index is 11.6. The largest absolute Gasteiger partial charge is 0.465 e. The van der Waals surface area contributed by atoms with Gasteiger partial charge in [-0.05, 0) is 37.5 Å². The molecule has 3 heteroatoms. The van der Waals surface area contributed by atoms with Crippen LogP contribution in [0.1, 0.15) is 46.5 Å². The molecule has 0 radical (unpaired) electrons. The van der Waals surface area contributed by atoms with Crippen molar-refractivity contribution in [2.75, 3.05) is 6.61 Å². The quantitative estimate of drug-likeness (QED) is 0.539. The van der Waals surface area contributed by atoms with Gasteiger partial charge in [0.1, 0.15) is 5.78 Å². The van der Waals surface area contributed by atoms with E-state index in [1.54, 1.807) is 6.92 Å². The summed E-state index contributed by atoms with van der Waals surface area (Å²) in [7, 11) is 0. The van der Waals surface area contributed by atoms with Crippen molar-refractivity contribution in [2.45, 2.75) is 46.5 Å². The van der Waals surface area contributed by atoms with Crippen LogP contribution in [0, 0.1) is 17.8 Å². The summed E-state index contributed by atoms with van der Waals surface area (Å²) in [6.07, 6.45) is 2.91. The molecule has 2 unspecified atom stereocenters. The zero-order valence-corrected chi connectivity index (χ0v) is 11.7. The van der Waals surface area contributed by atoms with E-state index < -0.39 is 0 Å². The molecule has 0 aromatic carbocycles. The van der Waals surface area contributed by atoms with Gasteiger partial charge in [-0.15, -0.1) is 0 Å². The maximum atomic E-state index is 11.6. The Bertz CT molecular complexity index is 331. The second kappa shape index (κ2) is 6.72. The fourth-order valence-electron chi connectivity index (χ4n) is 2.44. The Morgan fingerprint density at radius 3 is 2.33 bits per heavy atom. The van der Waals surface area contributed by atoms with Crippen molar-refractivity contribution in [1.82, 2.24) is 0 Å². The number of esters is 1. The molecule has 102 valence electrons. The normalized spacial score (nSPS) is 23.4. The summed E-state index contributed by atoms with van der Waals surface area (Å²) < 4.78 is 5.18. The lowest BCUT2D eigenvalue weighted by Gasteiger charge is -2.14. The molecule has 0 heterocycles. The third-order valence-corrected chi connectivity index (χ3v) is 3.44.